The van der Waals surface area contributed by atoms with Gasteiger partial charge in [-0.1, -0.05) is 20.8 Å². The van der Waals surface area contributed by atoms with E-state index in [1.54, 1.807) is 0 Å². The predicted molar refractivity (Wildman–Crippen MR) is 69.7 cm³/mol. The average molecular weight is 224 g/mol. The molecule has 2 heteroatoms. The Bertz CT molecular complexity index is 233. The third-order valence-corrected chi connectivity index (χ3v) is 4.39. The summed E-state index contributed by atoms with van der Waals surface area (Å²) in [5.74, 6) is 0.810. The van der Waals surface area contributed by atoms with Crippen molar-refractivity contribution < 1.29 is 0 Å². The van der Waals surface area contributed by atoms with Crippen LogP contribution in [0.1, 0.15) is 53.4 Å². The number of hydrogen-bond donors (Lipinski definition) is 1. The van der Waals surface area contributed by atoms with Crippen LogP contribution in [0.3, 0.4) is 0 Å². The minimum Gasteiger partial charge on any atom is -0.311 e. The summed E-state index contributed by atoms with van der Waals surface area (Å²) in [5, 5.41) is 3.74. The summed E-state index contributed by atoms with van der Waals surface area (Å²) in [6, 6.07) is 1.50. The molecule has 2 fully saturated rings. The standard InChI is InChI=1S/C14H28N2/c1-5-13-9-15-12(8-11(2)3)10-16(13)14(4)6-7-14/h11-13,15H,5-10H2,1-4H3. The molecule has 0 aromatic carbocycles. The normalized spacial score (nSPS) is 34.3. The Morgan fingerprint density at radius 2 is 2.06 bits per heavy atom. The number of hydrogen-bond acceptors (Lipinski definition) is 2. The van der Waals surface area contributed by atoms with E-state index >= 15 is 0 Å². The molecule has 2 atom stereocenters. The van der Waals surface area contributed by atoms with Crippen LogP contribution >= 0.6 is 0 Å². The summed E-state index contributed by atoms with van der Waals surface area (Å²) in [5.41, 5.74) is 0.554. The molecule has 2 rings (SSSR count). The molecule has 1 saturated carbocycles. The van der Waals surface area contributed by atoms with E-state index in [-0.39, 0.29) is 0 Å². The first-order chi connectivity index (χ1) is 7.55. The van der Waals surface area contributed by atoms with Gasteiger partial charge in [0.2, 0.25) is 0 Å². The third kappa shape index (κ3) is 2.60. The highest BCUT2D eigenvalue weighted by atomic mass is 15.3. The molecule has 2 aliphatic rings. The summed E-state index contributed by atoms with van der Waals surface area (Å²) in [6.07, 6.45) is 5.44. The molecule has 0 amide bonds. The van der Waals surface area contributed by atoms with E-state index < -0.39 is 0 Å². The van der Waals surface area contributed by atoms with E-state index in [9.17, 15) is 0 Å². The number of nitrogens with zero attached hydrogens (tertiary/aromatic N) is 1. The molecule has 1 aliphatic heterocycles. The largest absolute Gasteiger partial charge is 0.311 e. The van der Waals surface area contributed by atoms with Gasteiger partial charge in [-0.05, 0) is 38.5 Å². The molecule has 0 radical (unpaired) electrons. The van der Waals surface area contributed by atoms with Gasteiger partial charge in [-0.25, -0.2) is 0 Å². The molecule has 1 saturated heterocycles. The van der Waals surface area contributed by atoms with Crippen LogP contribution in [0, 0.1) is 5.92 Å². The summed E-state index contributed by atoms with van der Waals surface area (Å²) < 4.78 is 0. The van der Waals surface area contributed by atoms with Crippen molar-refractivity contribution in [1.29, 1.82) is 0 Å². The SMILES string of the molecule is CCC1CNC(CC(C)C)CN1C1(C)CC1. The van der Waals surface area contributed by atoms with Crippen LogP contribution in [0.4, 0.5) is 0 Å². The van der Waals surface area contributed by atoms with Crippen LogP contribution in [-0.4, -0.2) is 35.6 Å². The second kappa shape index (κ2) is 4.66. The maximum absolute atomic E-state index is 3.74. The topological polar surface area (TPSA) is 15.3 Å². The van der Waals surface area contributed by atoms with Crippen molar-refractivity contribution in [3.63, 3.8) is 0 Å². The van der Waals surface area contributed by atoms with E-state index in [0.29, 0.717) is 5.54 Å². The van der Waals surface area contributed by atoms with E-state index in [1.807, 2.05) is 0 Å². The Labute approximate surface area is 101 Å². The highest BCUT2D eigenvalue weighted by Gasteiger charge is 2.47. The van der Waals surface area contributed by atoms with Crippen LogP contribution < -0.4 is 5.32 Å². The Balaban J connectivity index is 1.95. The molecular formula is C14H28N2. The minimum absolute atomic E-state index is 0.554. The molecule has 0 aromatic heterocycles. The molecule has 16 heavy (non-hydrogen) atoms. The van der Waals surface area contributed by atoms with Crippen molar-refractivity contribution in [3.8, 4) is 0 Å². The average Bonchev–Trinajstić information content (AvgIpc) is 2.97. The molecule has 1 aliphatic carbocycles. The number of nitrogens with one attached hydrogen (secondary N) is 1. The van der Waals surface area contributed by atoms with Crippen molar-refractivity contribution in [2.45, 2.75) is 71.0 Å². The highest BCUT2D eigenvalue weighted by Crippen LogP contribution is 2.43. The molecule has 0 aromatic rings. The smallest absolute Gasteiger partial charge is 0.0224 e. The second-order valence-corrected chi connectivity index (χ2v) is 6.45. The van der Waals surface area contributed by atoms with Gasteiger partial charge in [0.15, 0.2) is 0 Å². The maximum Gasteiger partial charge on any atom is 0.0224 e. The number of piperazine rings is 1. The first-order valence-corrected chi connectivity index (χ1v) is 7.05. The lowest BCUT2D eigenvalue weighted by atomic mass is 9.97. The second-order valence-electron chi connectivity index (χ2n) is 6.45. The molecule has 2 nitrogen and oxygen atoms in total. The van der Waals surface area contributed by atoms with Gasteiger partial charge >= 0.3 is 0 Å². The van der Waals surface area contributed by atoms with E-state index in [2.05, 4.69) is 37.9 Å². The summed E-state index contributed by atoms with van der Waals surface area (Å²) in [7, 11) is 0. The van der Waals surface area contributed by atoms with Gasteiger partial charge in [-0.3, -0.25) is 4.90 Å². The van der Waals surface area contributed by atoms with Gasteiger partial charge in [0.05, 0.1) is 0 Å². The monoisotopic (exact) mass is 224 g/mol. The highest BCUT2D eigenvalue weighted by molar-refractivity contribution is 5.04. The van der Waals surface area contributed by atoms with E-state index in [4.69, 9.17) is 0 Å². The summed E-state index contributed by atoms with van der Waals surface area (Å²) in [6.45, 7) is 11.9. The first kappa shape index (κ1) is 12.4. The number of rotatable bonds is 4. The lowest BCUT2D eigenvalue weighted by Gasteiger charge is -2.44. The van der Waals surface area contributed by atoms with Gasteiger partial charge in [0.1, 0.15) is 0 Å². The van der Waals surface area contributed by atoms with Crippen LogP contribution in [0.15, 0.2) is 0 Å². The van der Waals surface area contributed by atoms with Gasteiger partial charge in [0, 0.05) is 30.7 Å². The maximum atomic E-state index is 3.74. The Hall–Kier alpha value is -0.0800. The van der Waals surface area contributed by atoms with Crippen molar-refractivity contribution in [1.82, 2.24) is 10.2 Å². The summed E-state index contributed by atoms with van der Waals surface area (Å²) >= 11 is 0. The van der Waals surface area contributed by atoms with Gasteiger partial charge in [-0.2, -0.15) is 0 Å². The molecule has 1 heterocycles. The zero-order valence-electron chi connectivity index (χ0n) is 11.4. The van der Waals surface area contributed by atoms with E-state index in [1.165, 1.54) is 38.8 Å². The zero-order valence-corrected chi connectivity index (χ0v) is 11.4. The Morgan fingerprint density at radius 3 is 2.56 bits per heavy atom. The van der Waals surface area contributed by atoms with Crippen LogP contribution in [0.5, 0.6) is 0 Å². The molecule has 94 valence electrons. The van der Waals surface area contributed by atoms with Crippen molar-refractivity contribution in [2.24, 2.45) is 5.92 Å². The molecule has 0 spiro atoms. The third-order valence-electron chi connectivity index (χ3n) is 4.39. The van der Waals surface area contributed by atoms with Crippen molar-refractivity contribution >= 4 is 0 Å². The molecule has 2 unspecified atom stereocenters. The summed E-state index contributed by atoms with van der Waals surface area (Å²) in [4.78, 5) is 2.80. The Morgan fingerprint density at radius 1 is 1.38 bits per heavy atom. The van der Waals surface area contributed by atoms with Crippen LogP contribution in [0.2, 0.25) is 0 Å². The minimum atomic E-state index is 0.554. The quantitative estimate of drug-likeness (QED) is 0.790. The lowest BCUT2D eigenvalue weighted by molar-refractivity contribution is 0.0684. The fourth-order valence-electron chi connectivity index (χ4n) is 3.08. The lowest BCUT2D eigenvalue weighted by Crippen LogP contribution is -2.59. The zero-order chi connectivity index (χ0) is 11.8. The fraction of sp³-hybridized carbons (Fsp3) is 1.00. The van der Waals surface area contributed by atoms with Gasteiger partial charge in [0.25, 0.3) is 0 Å². The van der Waals surface area contributed by atoms with Crippen molar-refractivity contribution in [3.05, 3.63) is 0 Å². The van der Waals surface area contributed by atoms with E-state index in [0.717, 1.165) is 18.0 Å². The molecule has 0 bridgehead atoms. The van der Waals surface area contributed by atoms with Gasteiger partial charge in [-0.15, -0.1) is 0 Å². The first-order valence-electron chi connectivity index (χ1n) is 7.05. The predicted octanol–water partition coefficient (Wildman–Crippen LogP) is 2.64. The van der Waals surface area contributed by atoms with Crippen molar-refractivity contribution in [2.75, 3.05) is 13.1 Å². The Kier molecular flexibility index (Phi) is 3.60. The molecular weight excluding hydrogens is 196 g/mol. The molecule has 1 N–H and O–H groups in total. The van der Waals surface area contributed by atoms with Gasteiger partial charge < -0.3 is 5.32 Å². The van der Waals surface area contributed by atoms with Crippen LogP contribution in [-0.2, 0) is 0 Å². The van der Waals surface area contributed by atoms with Crippen LogP contribution in [0.25, 0.3) is 0 Å². The fourth-order valence-corrected chi connectivity index (χ4v) is 3.08.